The van der Waals surface area contributed by atoms with Gasteiger partial charge >= 0.3 is 0 Å². The highest BCUT2D eigenvalue weighted by Crippen LogP contribution is 1.98. The van der Waals surface area contributed by atoms with Gasteiger partial charge in [-0.25, -0.2) is 4.21 Å². The summed E-state index contributed by atoms with van der Waals surface area (Å²) in [6.07, 6.45) is 1.54. The third kappa shape index (κ3) is 1.04. The molecule has 0 aromatic carbocycles. The first-order valence-corrected chi connectivity index (χ1v) is 4.05. The molecule has 0 aromatic heterocycles. The highest BCUT2D eigenvalue weighted by atomic mass is 32.8. The van der Waals surface area contributed by atoms with Gasteiger partial charge in [-0.3, -0.25) is 0 Å². The molecule has 1 atom stereocenters. The van der Waals surface area contributed by atoms with E-state index in [1.165, 1.54) is 6.20 Å². The molecule has 0 saturated heterocycles. The minimum Gasteiger partial charge on any atom is -0.203 e. The summed E-state index contributed by atoms with van der Waals surface area (Å²) >= 11 is 0. The lowest BCUT2D eigenvalue weighted by Crippen LogP contribution is -1.63. The van der Waals surface area contributed by atoms with Crippen LogP contribution in [0.25, 0.3) is 0 Å². The fraction of sp³-hybridized carbons (Fsp3) is 0. The van der Waals surface area contributed by atoms with Crippen molar-refractivity contribution in [1.29, 1.82) is 0 Å². The molecule has 0 amide bonds. The van der Waals surface area contributed by atoms with Crippen molar-refractivity contribution in [3.05, 3.63) is 11.6 Å². The van der Waals surface area contributed by atoms with Gasteiger partial charge < -0.3 is 0 Å². The summed E-state index contributed by atoms with van der Waals surface area (Å²) in [6.45, 7) is 0. The van der Waals surface area contributed by atoms with Gasteiger partial charge in [0.2, 0.25) is 0 Å². The van der Waals surface area contributed by atoms with E-state index >= 15 is 0 Å². The van der Waals surface area contributed by atoms with Crippen LogP contribution >= 0.6 is 0 Å². The van der Waals surface area contributed by atoms with Gasteiger partial charge in [-0.05, 0) is 0 Å². The summed E-state index contributed by atoms with van der Waals surface area (Å²) in [7, 11) is -0.0324. The van der Waals surface area contributed by atoms with Gasteiger partial charge in [0.05, 0.1) is 15.8 Å². The van der Waals surface area contributed by atoms with Gasteiger partial charge in [0.15, 0.2) is 0 Å². The third-order valence-electron chi connectivity index (χ3n) is 0.441. The first-order chi connectivity index (χ1) is 3.43. The standard InChI is InChI=1S/C2H2N2OS2/c5-6-7-2-1-3-4-7/h1-2H. The molecule has 0 aliphatic carbocycles. The molecular formula is C2H2N2OS2. The minimum atomic E-state index is -0.495. The Morgan fingerprint density at radius 1 is 1.71 bits per heavy atom. The van der Waals surface area contributed by atoms with Gasteiger partial charge in [0, 0.05) is 5.41 Å². The van der Waals surface area contributed by atoms with Crippen molar-refractivity contribution in [1.82, 2.24) is 0 Å². The van der Waals surface area contributed by atoms with E-state index in [2.05, 4.69) is 9.63 Å². The smallest absolute Gasteiger partial charge is 0.149 e. The predicted octanol–water partition coefficient (Wildman–Crippen LogP) is 0.585. The van der Waals surface area contributed by atoms with Crippen molar-refractivity contribution < 1.29 is 4.21 Å². The van der Waals surface area contributed by atoms with Crippen LogP contribution < -0.4 is 0 Å². The molecule has 0 fully saturated rings. The van der Waals surface area contributed by atoms with Crippen LogP contribution in [0.4, 0.5) is 0 Å². The molecule has 38 valence electrons. The lowest BCUT2D eigenvalue weighted by molar-refractivity contribution is 0.701. The molecule has 1 aliphatic heterocycles. The first-order valence-electron chi connectivity index (χ1n) is 1.54. The van der Waals surface area contributed by atoms with E-state index < -0.39 is 9.64 Å². The number of hydrogen-bond donors (Lipinski definition) is 0. The molecule has 0 radical (unpaired) electrons. The van der Waals surface area contributed by atoms with Crippen molar-refractivity contribution in [2.24, 2.45) is 9.63 Å². The predicted molar refractivity (Wildman–Crippen MR) is 29.5 cm³/mol. The van der Waals surface area contributed by atoms with Crippen molar-refractivity contribution in [3.8, 4) is 0 Å². The second kappa shape index (κ2) is 2.13. The summed E-state index contributed by atoms with van der Waals surface area (Å²) in [5.41, 5.74) is 0. The van der Waals surface area contributed by atoms with Gasteiger partial charge in [0.25, 0.3) is 0 Å². The highest BCUT2D eigenvalue weighted by molar-refractivity contribution is 8.32. The minimum absolute atomic E-state index is 0.463. The average Bonchev–Trinajstić information content (AvgIpc) is 2.14. The Labute approximate surface area is 45.9 Å². The monoisotopic (exact) mass is 134 g/mol. The van der Waals surface area contributed by atoms with Gasteiger partial charge in [-0.15, -0.1) is 4.52 Å². The fourth-order valence-corrected chi connectivity index (χ4v) is 1.13. The molecule has 0 N–H and O–H groups in total. The molecule has 5 heteroatoms. The molecule has 0 aromatic rings. The molecule has 3 nitrogen and oxygen atoms in total. The summed E-state index contributed by atoms with van der Waals surface area (Å²) in [5, 5.41) is 5.15. The van der Waals surface area contributed by atoms with Crippen LogP contribution in [-0.2, 0) is 19.9 Å². The van der Waals surface area contributed by atoms with E-state index in [0.717, 1.165) is 0 Å². The van der Waals surface area contributed by atoms with E-state index in [1.54, 1.807) is 5.41 Å². The van der Waals surface area contributed by atoms with Crippen LogP contribution in [0.2, 0.25) is 0 Å². The van der Waals surface area contributed by atoms with Gasteiger partial charge in [-0.1, -0.05) is 0 Å². The molecule has 1 aliphatic rings. The Hall–Kier alpha value is -0.290. The zero-order valence-electron chi connectivity index (χ0n) is 3.27. The second-order valence-corrected chi connectivity index (χ2v) is 3.38. The summed E-state index contributed by atoms with van der Waals surface area (Å²) in [6, 6.07) is 0. The summed E-state index contributed by atoms with van der Waals surface area (Å²) < 4.78 is 13.4. The largest absolute Gasteiger partial charge is 0.203 e. The highest BCUT2D eigenvalue weighted by Gasteiger charge is 1.88. The number of hydrogen-bond acceptors (Lipinski definition) is 2. The maximum atomic E-state index is 9.86. The van der Waals surface area contributed by atoms with E-state index in [9.17, 15) is 4.21 Å². The van der Waals surface area contributed by atoms with E-state index in [-0.39, 0.29) is 0 Å². The molecule has 7 heavy (non-hydrogen) atoms. The summed E-state index contributed by atoms with van der Waals surface area (Å²) in [5.74, 6) is 0. The van der Waals surface area contributed by atoms with E-state index in [4.69, 9.17) is 0 Å². The van der Waals surface area contributed by atoms with Gasteiger partial charge in [-0.2, -0.15) is 5.11 Å². The third-order valence-corrected chi connectivity index (χ3v) is 2.14. The quantitative estimate of drug-likeness (QED) is 0.478. The number of nitrogens with zero attached hydrogens (tertiary/aromatic N) is 2. The topological polar surface area (TPSA) is 41.8 Å². The lowest BCUT2D eigenvalue weighted by atomic mass is 11.1. The van der Waals surface area contributed by atoms with Crippen LogP contribution in [-0.4, -0.2) is 4.21 Å². The Morgan fingerprint density at radius 2 is 2.57 bits per heavy atom. The fourth-order valence-electron chi connectivity index (χ4n) is 0.216. The van der Waals surface area contributed by atoms with Crippen LogP contribution in [0.3, 0.4) is 0 Å². The second-order valence-electron chi connectivity index (χ2n) is 0.826. The maximum absolute atomic E-state index is 9.86. The molecular weight excluding hydrogens is 132 g/mol. The zero-order valence-corrected chi connectivity index (χ0v) is 4.91. The molecule has 0 bridgehead atoms. The van der Waals surface area contributed by atoms with Crippen LogP contribution in [0, 0.1) is 0 Å². The molecule has 1 rings (SSSR count). The van der Waals surface area contributed by atoms with Crippen LogP contribution in [0.5, 0.6) is 0 Å². The Morgan fingerprint density at radius 3 is 2.86 bits per heavy atom. The maximum Gasteiger partial charge on any atom is 0.149 e. The molecule has 1 heterocycles. The van der Waals surface area contributed by atoms with Gasteiger partial charge in [0.1, 0.15) is 10.2 Å². The van der Waals surface area contributed by atoms with Crippen LogP contribution in [0.1, 0.15) is 0 Å². The van der Waals surface area contributed by atoms with Crippen molar-refractivity contribution in [3.63, 3.8) is 0 Å². The Balaban J connectivity index is 3.00. The normalized spacial score (nSPS) is 26.0. The Bertz CT molecular complexity index is 164. The van der Waals surface area contributed by atoms with E-state index in [1.807, 2.05) is 0 Å². The lowest BCUT2D eigenvalue weighted by Gasteiger charge is -1.67. The zero-order chi connectivity index (χ0) is 5.11. The summed E-state index contributed by atoms with van der Waals surface area (Å²) in [4.78, 5) is 0. The molecule has 0 saturated carbocycles. The molecule has 0 spiro atoms. The number of rotatable bonds is 0. The van der Waals surface area contributed by atoms with E-state index in [0.29, 0.717) is 10.2 Å². The van der Waals surface area contributed by atoms with Crippen molar-refractivity contribution >= 4 is 19.9 Å². The average molecular weight is 134 g/mol. The van der Waals surface area contributed by atoms with Crippen molar-refractivity contribution in [2.45, 2.75) is 0 Å². The Kier molecular flexibility index (Phi) is 1.48. The first kappa shape index (κ1) is 4.86. The van der Waals surface area contributed by atoms with Crippen LogP contribution in [0.15, 0.2) is 21.2 Å². The SMILES string of the molecule is O=S=S1C=CN=N1. The molecule has 1 unspecified atom stereocenters. The van der Waals surface area contributed by atoms with Crippen molar-refractivity contribution in [2.75, 3.05) is 0 Å².